The quantitative estimate of drug-likeness (QED) is 0.384. The number of aromatic nitrogens is 1. The molecule has 27 heavy (non-hydrogen) atoms. The predicted molar refractivity (Wildman–Crippen MR) is 97.1 cm³/mol. The Morgan fingerprint density at radius 2 is 1.85 bits per heavy atom. The number of carbonyl (C=O) groups excluding carboxylic acids is 1. The standard InChI is InChI=1S/C16H17BrN2O6S.Ar/c17-8-3-1-7(2-4-8)11(21)10-5-18-16(26-10)19-15-14(24)13(23)12(22)9(6-20)25-15;/h1-5,9,12-15,20,22-24H,6H2,(H,18,19);/t9?,12-,13+,14?,15+;/m1./s1. The Morgan fingerprint density at radius 1 is 1.19 bits per heavy atom. The Morgan fingerprint density at radius 3 is 2.48 bits per heavy atom. The van der Waals surface area contributed by atoms with Crippen LogP contribution in [0.1, 0.15) is 15.2 Å². The van der Waals surface area contributed by atoms with Crippen LogP contribution in [-0.4, -0.2) is 68.4 Å². The summed E-state index contributed by atoms with van der Waals surface area (Å²) in [6.45, 7) is -0.520. The van der Waals surface area contributed by atoms with Crippen LogP contribution in [0, 0.1) is 37.7 Å². The molecule has 148 valence electrons. The SMILES string of the molecule is O=C(c1ccc(Br)cc1)c1cnc(N[C@H]2OC(CO)[C@@H](O)[C@H](O)C2O)s1.[Ar]. The summed E-state index contributed by atoms with van der Waals surface area (Å²) in [5.41, 5.74) is 0.510. The molecular weight excluding hydrogens is 468 g/mol. The summed E-state index contributed by atoms with van der Waals surface area (Å²) in [6, 6.07) is 6.91. The van der Waals surface area contributed by atoms with Crippen molar-refractivity contribution in [2.45, 2.75) is 30.6 Å². The number of thiazole rings is 1. The first-order chi connectivity index (χ1) is 12.4. The molecule has 0 saturated carbocycles. The van der Waals surface area contributed by atoms with Crippen molar-refractivity contribution in [2.24, 2.45) is 0 Å². The van der Waals surface area contributed by atoms with E-state index in [9.17, 15) is 25.2 Å². The zero-order valence-electron chi connectivity index (χ0n) is 13.7. The van der Waals surface area contributed by atoms with Crippen LogP contribution >= 0.6 is 27.3 Å². The Bertz CT molecular complexity index is 775. The van der Waals surface area contributed by atoms with Crippen LogP contribution in [0.25, 0.3) is 0 Å². The van der Waals surface area contributed by atoms with E-state index in [1.807, 2.05) is 0 Å². The smallest absolute Gasteiger partial charge is 0.204 e. The molecule has 5 N–H and O–H groups in total. The van der Waals surface area contributed by atoms with Crippen LogP contribution in [0.4, 0.5) is 5.13 Å². The van der Waals surface area contributed by atoms with E-state index in [-0.39, 0.29) is 43.5 Å². The molecule has 11 heteroatoms. The van der Waals surface area contributed by atoms with Gasteiger partial charge in [0.1, 0.15) is 24.4 Å². The van der Waals surface area contributed by atoms with Crippen molar-refractivity contribution in [1.82, 2.24) is 4.98 Å². The number of carbonyl (C=O) groups is 1. The van der Waals surface area contributed by atoms with Crippen molar-refractivity contribution in [1.29, 1.82) is 0 Å². The van der Waals surface area contributed by atoms with Crippen molar-refractivity contribution in [2.75, 3.05) is 11.9 Å². The summed E-state index contributed by atoms with van der Waals surface area (Å²) in [6.07, 6.45) is -5.05. The minimum atomic E-state index is -1.48. The van der Waals surface area contributed by atoms with Crippen molar-refractivity contribution in [3.05, 3.63) is 45.4 Å². The third-order valence-corrected chi connectivity index (χ3v) is 5.45. The van der Waals surface area contributed by atoms with Crippen molar-refractivity contribution in [3.63, 3.8) is 0 Å². The molecule has 0 amide bonds. The molecule has 2 unspecified atom stereocenters. The van der Waals surface area contributed by atoms with Crippen molar-refractivity contribution < 1.29 is 67.7 Å². The van der Waals surface area contributed by atoms with Gasteiger partial charge in [-0.25, -0.2) is 4.98 Å². The molecule has 1 saturated heterocycles. The predicted octanol–water partition coefficient (Wildman–Crippen LogP) is 0.348. The fraction of sp³-hybridized carbons (Fsp3) is 0.375. The third kappa shape index (κ3) is 5.27. The van der Waals surface area contributed by atoms with Gasteiger partial charge in [0, 0.05) is 47.8 Å². The second kappa shape index (κ2) is 10.1. The Balaban J connectivity index is 0.00000261. The van der Waals surface area contributed by atoms with E-state index >= 15 is 0 Å². The van der Waals surface area contributed by atoms with Gasteiger partial charge < -0.3 is 30.5 Å². The molecule has 1 aliphatic heterocycles. The molecule has 1 aromatic heterocycles. The molecule has 0 spiro atoms. The minimum Gasteiger partial charge on any atom is -0.394 e. The van der Waals surface area contributed by atoms with Crippen LogP contribution in [0.2, 0.25) is 0 Å². The van der Waals surface area contributed by atoms with E-state index in [1.54, 1.807) is 24.3 Å². The van der Waals surface area contributed by atoms with Gasteiger partial charge in [-0.2, -0.15) is 0 Å². The maximum Gasteiger partial charge on any atom is 0.204 e. The molecule has 3 rings (SSSR count). The number of ketones is 1. The van der Waals surface area contributed by atoms with Crippen LogP contribution in [0.15, 0.2) is 34.9 Å². The third-order valence-electron chi connectivity index (χ3n) is 3.99. The Hall–Kier alpha value is -0.140. The molecule has 2 aromatic rings. The normalized spacial score (nSPS) is 27.7. The van der Waals surface area contributed by atoms with E-state index in [0.29, 0.717) is 15.6 Å². The Labute approximate surface area is 197 Å². The molecular formula is C16H17ArBrN2O6S. The van der Waals surface area contributed by atoms with Crippen LogP contribution < -0.4 is 5.32 Å². The maximum absolute atomic E-state index is 12.5. The average Bonchev–Trinajstić information content (AvgIpc) is 3.11. The first-order valence-electron chi connectivity index (χ1n) is 7.74. The molecule has 0 aliphatic carbocycles. The molecule has 5 atom stereocenters. The number of halogens is 1. The average molecular weight is 485 g/mol. The molecule has 0 radical (unpaired) electrons. The van der Waals surface area contributed by atoms with Crippen molar-refractivity contribution >= 4 is 38.2 Å². The number of rotatable bonds is 5. The Kier molecular flexibility index (Phi) is 8.62. The largest absolute Gasteiger partial charge is 0.394 e. The van der Waals surface area contributed by atoms with E-state index in [2.05, 4.69) is 26.2 Å². The summed E-state index contributed by atoms with van der Waals surface area (Å²) in [5, 5.41) is 41.9. The second-order valence-electron chi connectivity index (χ2n) is 5.76. The van der Waals surface area contributed by atoms with Gasteiger partial charge >= 0.3 is 0 Å². The summed E-state index contributed by atoms with van der Waals surface area (Å²) < 4.78 is 6.22. The van der Waals surface area contributed by atoms with Crippen molar-refractivity contribution in [3.8, 4) is 0 Å². The fourth-order valence-electron chi connectivity index (χ4n) is 2.53. The summed E-state index contributed by atoms with van der Waals surface area (Å²) in [7, 11) is 0. The first-order valence-corrected chi connectivity index (χ1v) is 9.35. The van der Waals surface area contributed by atoms with Gasteiger partial charge in [-0.1, -0.05) is 27.3 Å². The molecule has 1 aromatic carbocycles. The zero-order valence-corrected chi connectivity index (χ0v) is 16.8. The van der Waals surface area contributed by atoms with Gasteiger partial charge in [-0.05, 0) is 24.3 Å². The van der Waals surface area contributed by atoms with E-state index < -0.39 is 37.3 Å². The van der Waals surface area contributed by atoms with Gasteiger partial charge in [0.15, 0.2) is 11.4 Å². The number of hydrogen-bond acceptors (Lipinski definition) is 9. The number of aliphatic hydroxyl groups excluding tert-OH is 4. The molecule has 1 fully saturated rings. The van der Waals surface area contributed by atoms with Gasteiger partial charge in [-0.15, -0.1) is 0 Å². The first kappa shape index (κ1) is 23.1. The molecule has 1 aliphatic rings. The van der Waals surface area contributed by atoms with E-state index in [1.165, 1.54) is 6.20 Å². The monoisotopic (exact) mass is 484 g/mol. The van der Waals surface area contributed by atoms with Crippen LogP contribution in [0.5, 0.6) is 0 Å². The number of benzene rings is 1. The van der Waals surface area contributed by atoms with Gasteiger partial charge in [0.25, 0.3) is 0 Å². The minimum absolute atomic E-state index is 0. The number of aliphatic hydroxyl groups is 4. The molecule has 8 nitrogen and oxygen atoms in total. The summed E-state index contributed by atoms with van der Waals surface area (Å²) >= 11 is 4.38. The van der Waals surface area contributed by atoms with Gasteiger partial charge in [-0.3, -0.25) is 4.79 Å². The van der Waals surface area contributed by atoms with Crippen LogP contribution in [-0.2, 0) is 4.74 Å². The van der Waals surface area contributed by atoms with Gasteiger partial charge in [0.05, 0.1) is 17.7 Å². The number of ether oxygens (including phenoxy) is 1. The zero-order chi connectivity index (χ0) is 18.8. The molecule has 2 heterocycles. The topological polar surface area (TPSA) is 132 Å². The molecule has 0 bridgehead atoms. The van der Waals surface area contributed by atoms with E-state index in [0.717, 1.165) is 15.8 Å². The summed E-state index contributed by atoms with van der Waals surface area (Å²) in [5.74, 6) is -0.197. The number of nitrogens with zero attached hydrogens (tertiary/aromatic N) is 1. The number of anilines is 1. The maximum atomic E-state index is 12.5. The fourth-order valence-corrected chi connectivity index (χ4v) is 3.60. The number of nitrogens with one attached hydrogen (secondary N) is 1. The van der Waals surface area contributed by atoms with Gasteiger partial charge in [0.2, 0.25) is 5.78 Å². The van der Waals surface area contributed by atoms with Crippen LogP contribution in [0.3, 0.4) is 0 Å². The van der Waals surface area contributed by atoms with E-state index in [4.69, 9.17) is 4.74 Å². The second-order valence-corrected chi connectivity index (χ2v) is 7.71. The number of hydrogen-bond donors (Lipinski definition) is 5. The summed E-state index contributed by atoms with van der Waals surface area (Å²) in [4.78, 5) is 16.9.